The van der Waals surface area contributed by atoms with E-state index in [4.69, 9.17) is 4.42 Å². The van der Waals surface area contributed by atoms with Crippen LogP contribution < -0.4 is 5.43 Å². The molecule has 0 bridgehead atoms. The van der Waals surface area contributed by atoms with E-state index in [-0.39, 0.29) is 5.43 Å². The Morgan fingerprint density at radius 3 is 0.774 bits per heavy atom. The average Bonchev–Trinajstić information content (AvgIpc) is 3.24. The van der Waals surface area contributed by atoms with Crippen LogP contribution in [0.4, 0.5) is 0 Å². The molecule has 0 amide bonds. The summed E-state index contributed by atoms with van der Waals surface area (Å²) in [5, 5.41) is 1.11. The zero-order chi connectivity index (χ0) is 35.7. The first-order valence-corrected chi connectivity index (χ1v) is 18.1. The minimum absolute atomic E-state index is 0.0474. The van der Waals surface area contributed by atoms with Crippen LogP contribution in [0.25, 0.3) is 21.9 Å². The third-order valence-electron chi connectivity index (χ3n) is 10.8. The quantitative estimate of drug-likeness (QED) is 0.118. The van der Waals surface area contributed by atoms with Gasteiger partial charge in [-0.25, -0.2) is 0 Å². The van der Waals surface area contributed by atoms with Gasteiger partial charge < -0.3 is 4.42 Å². The molecule has 0 saturated heterocycles. The minimum atomic E-state index is -0.670. The normalized spacial score (nSPS) is 11.8. The van der Waals surface area contributed by atoms with Crippen molar-refractivity contribution in [2.45, 2.75) is 10.8 Å². The Morgan fingerprint density at radius 2 is 0.528 bits per heavy atom. The lowest BCUT2D eigenvalue weighted by atomic mass is 9.65. The molecule has 8 aromatic carbocycles. The topological polar surface area (TPSA) is 30.2 Å². The molecule has 9 rings (SSSR count). The van der Waals surface area contributed by atoms with Crippen molar-refractivity contribution >= 4 is 21.9 Å². The van der Waals surface area contributed by atoms with Crippen molar-refractivity contribution in [2.24, 2.45) is 0 Å². The van der Waals surface area contributed by atoms with E-state index >= 15 is 0 Å². The van der Waals surface area contributed by atoms with E-state index in [0.29, 0.717) is 21.9 Å². The molecule has 0 saturated carbocycles. The smallest absolute Gasteiger partial charge is 0.200 e. The summed E-state index contributed by atoms with van der Waals surface area (Å²) in [6.45, 7) is 0. The van der Waals surface area contributed by atoms with Crippen molar-refractivity contribution in [3.63, 3.8) is 0 Å². The molecule has 9 aromatic rings. The van der Waals surface area contributed by atoms with Gasteiger partial charge in [0, 0.05) is 0 Å². The lowest BCUT2D eigenvalue weighted by Crippen LogP contribution is -2.31. The highest BCUT2D eigenvalue weighted by Gasteiger charge is 2.40. The highest BCUT2D eigenvalue weighted by Crippen LogP contribution is 2.47. The van der Waals surface area contributed by atoms with E-state index in [2.05, 4.69) is 170 Å². The third kappa shape index (κ3) is 5.22. The van der Waals surface area contributed by atoms with Crippen LogP contribution in [0.3, 0.4) is 0 Å². The first-order valence-electron chi connectivity index (χ1n) is 18.1. The maximum absolute atomic E-state index is 14.4. The molecule has 0 radical (unpaired) electrons. The number of rotatable bonds is 8. The molecule has 0 unspecified atom stereocenters. The molecule has 1 heterocycles. The second-order valence-corrected chi connectivity index (χ2v) is 13.5. The zero-order valence-electron chi connectivity index (χ0n) is 29.1. The van der Waals surface area contributed by atoms with E-state index in [1.165, 1.54) is 0 Å². The molecule has 0 fully saturated rings. The monoisotopic (exact) mass is 680 g/mol. The summed E-state index contributed by atoms with van der Waals surface area (Å²) in [6.07, 6.45) is 0. The van der Waals surface area contributed by atoms with Crippen molar-refractivity contribution in [3.05, 3.63) is 273 Å². The lowest BCUT2D eigenvalue weighted by Gasteiger charge is -2.37. The van der Waals surface area contributed by atoms with Crippen LogP contribution in [-0.2, 0) is 10.8 Å². The first-order chi connectivity index (χ1) is 26.2. The fourth-order valence-corrected chi connectivity index (χ4v) is 8.45. The van der Waals surface area contributed by atoms with Crippen molar-refractivity contribution in [1.82, 2.24) is 0 Å². The van der Waals surface area contributed by atoms with Gasteiger partial charge in [0.05, 0.1) is 21.6 Å². The van der Waals surface area contributed by atoms with Crippen LogP contribution in [0.2, 0.25) is 0 Å². The summed E-state index contributed by atoms with van der Waals surface area (Å²) in [6, 6.07) is 75.8. The number of hydrogen-bond donors (Lipinski definition) is 0. The highest BCUT2D eigenvalue weighted by molar-refractivity contribution is 5.91. The van der Waals surface area contributed by atoms with Gasteiger partial charge in [0.15, 0.2) is 0 Å². The molecule has 1 aromatic heterocycles. The van der Waals surface area contributed by atoms with Gasteiger partial charge in [0.25, 0.3) is 0 Å². The number of hydrogen-bond acceptors (Lipinski definition) is 2. The van der Waals surface area contributed by atoms with Crippen molar-refractivity contribution in [2.75, 3.05) is 0 Å². The fraction of sp³-hybridized carbons (Fsp3) is 0.0392. The molecule has 0 aliphatic carbocycles. The predicted octanol–water partition coefficient (Wildman–Crippen LogP) is 11.7. The van der Waals surface area contributed by atoms with Crippen LogP contribution in [0, 0.1) is 0 Å². The number of fused-ring (bicyclic) bond motifs is 2. The Balaban J connectivity index is 1.33. The predicted molar refractivity (Wildman–Crippen MR) is 217 cm³/mol. The van der Waals surface area contributed by atoms with Crippen LogP contribution >= 0.6 is 0 Å². The van der Waals surface area contributed by atoms with Gasteiger partial charge in [0.2, 0.25) is 5.43 Å². The molecule has 2 heteroatoms. The average molecular weight is 681 g/mol. The van der Waals surface area contributed by atoms with E-state index in [1.807, 2.05) is 48.5 Å². The highest BCUT2D eigenvalue weighted by atomic mass is 16.3. The summed E-state index contributed by atoms with van der Waals surface area (Å²) in [5.74, 6) is 0. The molecule has 0 aliphatic heterocycles. The van der Waals surface area contributed by atoms with Crippen molar-refractivity contribution in [1.29, 1.82) is 0 Å². The largest absolute Gasteiger partial charge is 0.456 e. The van der Waals surface area contributed by atoms with Crippen molar-refractivity contribution < 1.29 is 4.42 Å². The Hall–Kier alpha value is -6.77. The summed E-state index contributed by atoms with van der Waals surface area (Å²) in [7, 11) is 0. The molecule has 0 spiro atoms. The Kier molecular flexibility index (Phi) is 8.14. The second kappa shape index (κ2) is 13.4. The maximum Gasteiger partial charge on any atom is 0.200 e. The molecule has 0 N–H and O–H groups in total. The second-order valence-electron chi connectivity index (χ2n) is 13.5. The van der Waals surface area contributed by atoms with Gasteiger partial charge in [-0.05, 0) is 68.8 Å². The summed E-state index contributed by atoms with van der Waals surface area (Å²) in [4.78, 5) is 14.4. The van der Waals surface area contributed by atoms with Gasteiger partial charge in [-0.15, -0.1) is 0 Å². The Bertz CT molecular complexity index is 2320. The molecule has 252 valence electrons. The molecule has 53 heavy (non-hydrogen) atoms. The molecule has 2 nitrogen and oxygen atoms in total. The van der Waals surface area contributed by atoms with Crippen LogP contribution in [0.5, 0.6) is 0 Å². The lowest BCUT2D eigenvalue weighted by molar-refractivity contribution is 0.652. The standard InChI is InChI=1S/C51H36O2/c52-49-45-33-31-43(50(37-19-7-1-8-20-37,38-21-9-2-10-22-38)39-23-11-3-12-24-39)35-47(45)53-48-36-44(32-34-46(48)49)51(40-25-13-4-14-26-40,41-27-15-5-16-28-41)42-29-17-6-18-30-42/h1-36H. The Morgan fingerprint density at radius 1 is 0.283 bits per heavy atom. The maximum atomic E-state index is 14.4. The van der Waals surface area contributed by atoms with Gasteiger partial charge in [-0.3, -0.25) is 4.79 Å². The van der Waals surface area contributed by atoms with E-state index in [0.717, 1.165) is 44.5 Å². The molecule has 0 aliphatic rings. The van der Waals surface area contributed by atoms with E-state index in [9.17, 15) is 4.79 Å². The summed E-state index contributed by atoms with van der Waals surface area (Å²) in [5.41, 5.74) is 8.49. The van der Waals surface area contributed by atoms with Crippen molar-refractivity contribution in [3.8, 4) is 0 Å². The molecule has 0 atom stereocenters. The number of benzene rings is 8. The molecular weight excluding hydrogens is 645 g/mol. The van der Waals surface area contributed by atoms with Gasteiger partial charge in [0.1, 0.15) is 11.2 Å². The van der Waals surface area contributed by atoms with Gasteiger partial charge in [-0.2, -0.15) is 0 Å². The summed E-state index contributed by atoms with van der Waals surface area (Å²) >= 11 is 0. The van der Waals surface area contributed by atoms with Crippen LogP contribution in [0.15, 0.2) is 228 Å². The Labute approximate surface area is 309 Å². The van der Waals surface area contributed by atoms with E-state index in [1.54, 1.807) is 0 Å². The van der Waals surface area contributed by atoms with Crippen LogP contribution in [0.1, 0.15) is 44.5 Å². The zero-order valence-corrected chi connectivity index (χ0v) is 29.1. The summed E-state index contributed by atoms with van der Waals surface area (Å²) < 4.78 is 6.91. The first kappa shape index (κ1) is 32.2. The molecular formula is C51H36O2. The van der Waals surface area contributed by atoms with Gasteiger partial charge >= 0.3 is 0 Å². The van der Waals surface area contributed by atoms with Crippen LogP contribution in [-0.4, -0.2) is 0 Å². The van der Waals surface area contributed by atoms with Gasteiger partial charge in [-0.1, -0.05) is 194 Å². The minimum Gasteiger partial charge on any atom is -0.456 e. The fourth-order valence-electron chi connectivity index (χ4n) is 8.45. The SMILES string of the molecule is O=c1c2ccc(C(c3ccccc3)(c3ccccc3)c3ccccc3)cc2oc2cc(C(c3ccccc3)(c3ccccc3)c3ccccc3)ccc12. The van der Waals surface area contributed by atoms with E-state index < -0.39 is 10.8 Å². The third-order valence-corrected chi connectivity index (χ3v) is 10.8.